The molecule has 1 aromatic heterocycles. The quantitative estimate of drug-likeness (QED) is 0.863. The van der Waals surface area contributed by atoms with E-state index in [1.807, 2.05) is 44.3 Å². The summed E-state index contributed by atoms with van der Waals surface area (Å²) in [6.45, 7) is 2.57. The number of aryl methyl sites for hydroxylation is 1. The van der Waals surface area contributed by atoms with Crippen LogP contribution in [-0.4, -0.2) is 45.0 Å². The standard InChI is InChI=1S/C14H19N5O/c1-11(14-15-17-18-16-14)10-19(2)13(20)9-8-12-6-4-3-5-7-12/h3-7,11H,8-10H2,1-2H3,(H,15,16,17,18)/t11-/m1/s1. The van der Waals surface area contributed by atoms with Crippen molar-refractivity contribution in [3.05, 3.63) is 41.7 Å². The van der Waals surface area contributed by atoms with Crippen molar-refractivity contribution >= 4 is 5.91 Å². The fourth-order valence-electron chi connectivity index (χ4n) is 2.06. The molecule has 106 valence electrons. The topological polar surface area (TPSA) is 74.8 Å². The third-order valence-electron chi connectivity index (χ3n) is 3.25. The van der Waals surface area contributed by atoms with Crippen LogP contribution in [0.3, 0.4) is 0 Å². The van der Waals surface area contributed by atoms with Crippen molar-refractivity contribution in [2.24, 2.45) is 0 Å². The van der Waals surface area contributed by atoms with Crippen LogP contribution in [0.4, 0.5) is 0 Å². The van der Waals surface area contributed by atoms with Crippen LogP contribution in [0, 0.1) is 0 Å². The Morgan fingerprint density at radius 2 is 2.10 bits per heavy atom. The molecule has 0 radical (unpaired) electrons. The summed E-state index contributed by atoms with van der Waals surface area (Å²) < 4.78 is 0. The van der Waals surface area contributed by atoms with Gasteiger partial charge in [0.1, 0.15) is 0 Å². The lowest BCUT2D eigenvalue weighted by Crippen LogP contribution is -2.30. The van der Waals surface area contributed by atoms with Crippen LogP contribution in [-0.2, 0) is 11.2 Å². The first-order chi connectivity index (χ1) is 9.66. The average molecular weight is 273 g/mol. The largest absolute Gasteiger partial charge is 0.345 e. The van der Waals surface area contributed by atoms with Crippen molar-refractivity contribution < 1.29 is 4.79 Å². The fraction of sp³-hybridized carbons (Fsp3) is 0.429. The number of benzene rings is 1. The highest BCUT2D eigenvalue weighted by Gasteiger charge is 2.16. The molecule has 0 bridgehead atoms. The van der Waals surface area contributed by atoms with Gasteiger partial charge in [-0.1, -0.05) is 42.5 Å². The number of hydrogen-bond acceptors (Lipinski definition) is 4. The molecule has 0 aliphatic carbocycles. The molecule has 6 heteroatoms. The second-order valence-corrected chi connectivity index (χ2v) is 4.93. The van der Waals surface area contributed by atoms with Crippen molar-refractivity contribution in [2.75, 3.05) is 13.6 Å². The lowest BCUT2D eigenvalue weighted by molar-refractivity contribution is -0.130. The lowest BCUT2D eigenvalue weighted by atomic mass is 10.1. The van der Waals surface area contributed by atoms with Gasteiger partial charge in [-0.05, 0) is 12.0 Å². The lowest BCUT2D eigenvalue weighted by Gasteiger charge is -2.19. The Labute approximate surface area is 118 Å². The van der Waals surface area contributed by atoms with Crippen molar-refractivity contribution in [1.29, 1.82) is 0 Å². The summed E-state index contributed by atoms with van der Waals surface area (Å²) in [6.07, 6.45) is 1.28. The first-order valence-corrected chi connectivity index (χ1v) is 6.68. The molecular weight excluding hydrogens is 254 g/mol. The molecule has 0 unspecified atom stereocenters. The minimum absolute atomic E-state index is 0.0689. The van der Waals surface area contributed by atoms with Crippen LogP contribution in [0.1, 0.15) is 30.7 Å². The maximum absolute atomic E-state index is 12.1. The number of aromatic nitrogens is 4. The third kappa shape index (κ3) is 3.88. The molecule has 0 saturated carbocycles. The number of carbonyl (C=O) groups excluding carboxylic acids is 1. The van der Waals surface area contributed by atoms with Gasteiger partial charge in [0.15, 0.2) is 5.82 Å². The van der Waals surface area contributed by atoms with Gasteiger partial charge in [-0.15, -0.1) is 10.2 Å². The molecule has 1 atom stereocenters. The maximum Gasteiger partial charge on any atom is 0.222 e. The molecule has 1 amide bonds. The number of H-pyrrole nitrogens is 1. The number of nitrogens with one attached hydrogen (secondary N) is 1. The number of hydrogen-bond donors (Lipinski definition) is 1. The molecular formula is C14H19N5O. The van der Waals surface area contributed by atoms with Gasteiger partial charge in [0.05, 0.1) is 0 Å². The first kappa shape index (κ1) is 14.2. The Bertz CT molecular complexity index is 526. The molecule has 2 aromatic rings. The molecule has 0 saturated heterocycles. The molecule has 20 heavy (non-hydrogen) atoms. The van der Waals surface area contributed by atoms with Gasteiger partial charge >= 0.3 is 0 Å². The Hall–Kier alpha value is -2.24. The molecule has 0 aliphatic rings. The normalized spacial score (nSPS) is 12.1. The summed E-state index contributed by atoms with van der Waals surface area (Å²) in [7, 11) is 1.81. The fourth-order valence-corrected chi connectivity index (χ4v) is 2.06. The number of likely N-dealkylation sites (N-methyl/N-ethyl adjacent to an activating group) is 1. The number of rotatable bonds is 6. The van der Waals surface area contributed by atoms with E-state index in [0.29, 0.717) is 18.8 Å². The summed E-state index contributed by atoms with van der Waals surface area (Å²) in [5, 5.41) is 13.8. The second kappa shape index (κ2) is 6.79. The molecule has 0 aliphatic heterocycles. The van der Waals surface area contributed by atoms with Crippen LogP contribution in [0.25, 0.3) is 0 Å². The predicted octanol–water partition coefficient (Wildman–Crippen LogP) is 1.39. The van der Waals surface area contributed by atoms with Crippen LogP contribution >= 0.6 is 0 Å². The molecule has 6 nitrogen and oxygen atoms in total. The summed E-state index contributed by atoms with van der Waals surface area (Å²) in [5.74, 6) is 0.830. The summed E-state index contributed by atoms with van der Waals surface area (Å²) in [5.41, 5.74) is 1.18. The third-order valence-corrected chi connectivity index (χ3v) is 3.25. The zero-order chi connectivity index (χ0) is 14.4. The SMILES string of the molecule is C[C@H](CN(C)C(=O)CCc1ccccc1)c1nn[nH]n1. The van der Waals surface area contributed by atoms with Gasteiger partial charge < -0.3 is 4.90 Å². The van der Waals surface area contributed by atoms with Gasteiger partial charge in [-0.25, -0.2) is 0 Å². The summed E-state index contributed by atoms with van der Waals surface area (Å²) >= 11 is 0. The van der Waals surface area contributed by atoms with Crippen LogP contribution < -0.4 is 0 Å². The maximum atomic E-state index is 12.1. The molecule has 1 heterocycles. The Balaban J connectivity index is 1.80. The van der Waals surface area contributed by atoms with Gasteiger partial charge in [0.2, 0.25) is 5.91 Å². The predicted molar refractivity (Wildman–Crippen MR) is 75.0 cm³/mol. The highest BCUT2D eigenvalue weighted by molar-refractivity contribution is 5.76. The van der Waals surface area contributed by atoms with E-state index in [1.165, 1.54) is 5.56 Å². The average Bonchev–Trinajstić information content (AvgIpc) is 3.00. The number of nitrogens with zero attached hydrogens (tertiary/aromatic N) is 4. The van der Waals surface area contributed by atoms with E-state index < -0.39 is 0 Å². The van der Waals surface area contributed by atoms with E-state index in [0.717, 1.165) is 6.42 Å². The second-order valence-electron chi connectivity index (χ2n) is 4.93. The molecule has 0 fully saturated rings. The van der Waals surface area contributed by atoms with Gasteiger partial charge in [-0.3, -0.25) is 4.79 Å². The van der Waals surface area contributed by atoms with E-state index in [-0.39, 0.29) is 11.8 Å². The van der Waals surface area contributed by atoms with Gasteiger partial charge in [-0.2, -0.15) is 5.21 Å². The van der Waals surface area contributed by atoms with Crippen LogP contribution in [0.5, 0.6) is 0 Å². The number of amides is 1. The highest BCUT2D eigenvalue weighted by Crippen LogP contribution is 2.11. The van der Waals surface area contributed by atoms with Crippen molar-refractivity contribution in [3.63, 3.8) is 0 Å². The van der Waals surface area contributed by atoms with Gasteiger partial charge in [0.25, 0.3) is 0 Å². The Morgan fingerprint density at radius 1 is 1.35 bits per heavy atom. The monoisotopic (exact) mass is 273 g/mol. The van der Waals surface area contributed by atoms with Crippen LogP contribution in [0.2, 0.25) is 0 Å². The molecule has 1 N–H and O–H groups in total. The molecule has 2 rings (SSSR count). The number of aromatic amines is 1. The minimum atomic E-state index is 0.0689. The van der Waals surface area contributed by atoms with Crippen molar-refractivity contribution in [1.82, 2.24) is 25.5 Å². The minimum Gasteiger partial charge on any atom is -0.345 e. The van der Waals surface area contributed by atoms with E-state index in [9.17, 15) is 4.79 Å². The van der Waals surface area contributed by atoms with E-state index in [4.69, 9.17) is 0 Å². The van der Waals surface area contributed by atoms with Crippen molar-refractivity contribution in [2.45, 2.75) is 25.7 Å². The van der Waals surface area contributed by atoms with E-state index in [2.05, 4.69) is 20.6 Å². The number of carbonyl (C=O) groups is 1. The van der Waals surface area contributed by atoms with Gasteiger partial charge in [0, 0.05) is 25.9 Å². The van der Waals surface area contributed by atoms with Crippen molar-refractivity contribution in [3.8, 4) is 0 Å². The zero-order valence-electron chi connectivity index (χ0n) is 11.8. The summed E-state index contributed by atoms with van der Waals surface area (Å²) in [4.78, 5) is 13.8. The first-order valence-electron chi connectivity index (χ1n) is 6.68. The smallest absolute Gasteiger partial charge is 0.222 e. The molecule has 1 aromatic carbocycles. The molecule has 0 spiro atoms. The zero-order valence-corrected chi connectivity index (χ0v) is 11.8. The Kier molecular flexibility index (Phi) is 4.81. The Morgan fingerprint density at radius 3 is 2.75 bits per heavy atom. The highest BCUT2D eigenvalue weighted by atomic mass is 16.2. The summed E-state index contributed by atoms with van der Waals surface area (Å²) in [6, 6.07) is 10.0. The van der Waals surface area contributed by atoms with E-state index >= 15 is 0 Å². The number of tetrazole rings is 1. The van der Waals surface area contributed by atoms with Crippen LogP contribution in [0.15, 0.2) is 30.3 Å². The van der Waals surface area contributed by atoms with E-state index in [1.54, 1.807) is 4.90 Å².